The highest BCUT2D eigenvalue weighted by Gasteiger charge is 2.29. The molecule has 7 heteroatoms. The van der Waals surface area contributed by atoms with Gasteiger partial charge in [0.1, 0.15) is 15.8 Å². The molecule has 2 rings (SSSR count). The van der Waals surface area contributed by atoms with Gasteiger partial charge in [0.25, 0.3) is 0 Å². The summed E-state index contributed by atoms with van der Waals surface area (Å²) >= 11 is 0.316. The molecule has 5 nitrogen and oxygen atoms in total. The van der Waals surface area contributed by atoms with Gasteiger partial charge < -0.3 is 9.45 Å². The fourth-order valence-corrected chi connectivity index (χ4v) is 3.54. The van der Waals surface area contributed by atoms with Crippen LogP contribution in [0, 0.1) is 0 Å². The van der Waals surface area contributed by atoms with Crippen molar-refractivity contribution in [2.75, 3.05) is 18.0 Å². The molecule has 114 valence electrons. The first-order valence-electron chi connectivity index (χ1n) is 7.14. The van der Waals surface area contributed by atoms with Crippen LogP contribution in [-0.4, -0.2) is 31.7 Å². The van der Waals surface area contributed by atoms with Crippen molar-refractivity contribution in [1.29, 1.82) is 0 Å². The summed E-state index contributed by atoms with van der Waals surface area (Å²) in [6, 6.07) is -0.0360. The third-order valence-corrected chi connectivity index (χ3v) is 5.85. The lowest BCUT2D eigenvalue weighted by Crippen LogP contribution is -2.40. The molecule has 0 aromatic carbocycles. The molecule has 0 spiro atoms. The van der Waals surface area contributed by atoms with Crippen LogP contribution in [0.3, 0.4) is 0 Å². The van der Waals surface area contributed by atoms with Crippen molar-refractivity contribution >= 4 is 28.8 Å². The van der Waals surface area contributed by atoms with Crippen molar-refractivity contribution in [2.24, 2.45) is 0 Å². The Morgan fingerprint density at radius 1 is 1.30 bits per heavy atom. The predicted molar refractivity (Wildman–Crippen MR) is 85.4 cm³/mol. The van der Waals surface area contributed by atoms with E-state index in [0.29, 0.717) is 0 Å². The van der Waals surface area contributed by atoms with Gasteiger partial charge in [-0.1, -0.05) is 0 Å². The molecule has 1 N–H and O–H groups in total. The lowest BCUT2D eigenvalue weighted by atomic mass is 10.1. The Kier molecular flexibility index (Phi) is 5.28. The SMILES string of the molecule is CC(N[S+]([O-])C(C)(C)C)c1nc(N2CCCCC2)ns1. The predicted octanol–water partition coefficient (Wildman–Crippen LogP) is 2.64. The van der Waals surface area contributed by atoms with Gasteiger partial charge in [-0.2, -0.15) is 4.37 Å². The Bertz CT molecular complexity index is 426. The maximum atomic E-state index is 12.1. The smallest absolute Gasteiger partial charge is 0.237 e. The molecule has 0 amide bonds. The van der Waals surface area contributed by atoms with Gasteiger partial charge >= 0.3 is 0 Å². The Labute approximate surface area is 128 Å². The highest BCUT2D eigenvalue weighted by Crippen LogP contribution is 2.24. The molecule has 0 bridgehead atoms. The zero-order valence-electron chi connectivity index (χ0n) is 12.7. The standard InChI is InChI=1S/C13H24N4OS2/c1-10(16-20(18)13(2,3)4)11-14-12(15-19-11)17-8-6-5-7-9-17/h10,16H,5-9H2,1-4H3. The van der Waals surface area contributed by atoms with Gasteiger partial charge in [0.05, 0.1) is 0 Å². The van der Waals surface area contributed by atoms with E-state index in [-0.39, 0.29) is 10.8 Å². The first kappa shape index (κ1) is 16.0. The lowest BCUT2D eigenvalue weighted by molar-refractivity contribution is 0.530. The topological polar surface area (TPSA) is 64.1 Å². The summed E-state index contributed by atoms with van der Waals surface area (Å²) in [6.45, 7) is 9.97. The molecule has 20 heavy (non-hydrogen) atoms. The first-order valence-corrected chi connectivity index (χ1v) is 9.07. The van der Waals surface area contributed by atoms with E-state index in [4.69, 9.17) is 0 Å². The summed E-state index contributed by atoms with van der Waals surface area (Å²) < 4.78 is 19.4. The molecule has 2 heterocycles. The van der Waals surface area contributed by atoms with Crippen LogP contribution in [-0.2, 0) is 11.4 Å². The number of piperidine rings is 1. The van der Waals surface area contributed by atoms with Gasteiger partial charge in [0.15, 0.2) is 0 Å². The van der Waals surface area contributed by atoms with E-state index in [1.165, 1.54) is 30.8 Å². The van der Waals surface area contributed by atoms with Gasteiger partial charge in [0.2, 0.25) is 5.95 Å². The van der Waals surface area contributed by atoms with Crippen LogP contribution < -0.4 is 9.62 Å². The number of hydrogen-bond acceptors (Lipinski definition) is 6. The van der Waals surface area contributed by atoms with E-state index in [1.54, 1.807) is 0 Å². The van der Waals surface area contributed by atoms with Gasteiger partial charge in [-0.25, -0.2) is 4.98 Å². The second-order valence-corrected chi connectivity index (χ2v) is 8.98. The molecule has 0 saturated carbocycles. The Morgan fingerprint density at radius 2 is 1.95 bits per heavy atom. The maximum absolute atomic E-state index is 12.1. The van der Waals surface area contributed by atoms with E-state index in [0.717, 1.165) is 24.0 Å². The van der Waals surface area contributed by atoms with E-state index in [1.807, 2.05) is 27.7 Å². The fraction of sp³-hybridized carbons (Fsp3) is 0.846. The average molecular weight is 316 g/mol. The largest absolute Gasteiger partial charge is 0.598 e. The number of nitrogens with zero attached hydrogens (tertiary/aromatic N) is 3. The molecule has 2 atom stereocenters. The van der Waals surface area contributed by atoms with Crippen LogP contribution >= 0.6 is 11.5 Å². The average Bonchev–Trinajstić information content (AvgIpc) is 2.88. The number of nitrogens with one attached hydrogen (secondary N) is 1. The second-order valence-electron chi connectivity index (χ2n) is 6.20. The third kappa shape index (κ3) is 4.07. The summed E-state index contributed by atoms with van der Waals surface area (Å²) in [5, 5.41) is 0.906. The summed E-state index contributed by atoms with van der Waals surface area (Å²) in [5.41, 5.74) is 0. The summed E-state index contributed by atoms with van der Waals surface area (Å²) in [5.74, 6) is 0.833. The number of anilines is 1. The molecule has 1 aliphatic rings. The molecule has 2 unspecified atom stereocenters. The van der Waals surface area contributed by atoms with E-state index >= 15 is 0 Å². The van der Waals surface area contributed by atoms with Crippen molar-refractivity contribution in [3.05, 3.63) is 5.01 Å². The Balaban J connectivity index is 1.97. The van der Waals surface area contributed by atoms with Crippen LogP contribution in [0.4, 0.5) is 5.95 Å². The maximum Gasteiger partial charge on any atom is 0.237 e. The second kappa shape index (κ2) is 6.60. The minimum absolute atomic E-state index is 0.0360. The van der Waals surface area contributed by atoms with Gasteiger partial charge in [-0.05, 0) is 58.5 Å². The lowest BCUT2D eigenvalue weighted by Gasteiger charge is -2.26. The van der Waals surface area contributed by atoms with Crippen LogP contribution in [0.5, 0.6) is 0 Å². The Hall–Kier alpha value is -0.370. The van der Waals surface area contributed by atoms with Crippen molar-refractivity contribution in [1.82, 2.24) is 14.1 Å². The minimum atomic E-state index is -1.09. The summed E-state index contributed by atoms with van der Waals surface area (Å²) in [6.07, 6.45) is 3.74. The molecule has 1 aliphatic heterocycles. The molecule has 1 saturated heterocycles. The van der Waals surface area contributed by atoms with Crippen LogP contribution in [0.1, 0.15) is 58.0 Å². The summed E-state index contributed by atoms with van der Waals surface area (Å²) in [7, 11) is 0. The van der Waals surface area contributed by atoms with Crippen molar-refractivity contribution < 1.29 is 4.55 Å². The monoisotopic (exact) mass is 316 g/mol. The number of rotatable bonds is 4. The highest BCUT2D eigenvalue weighted by atomic mass is 32.2. The number of hydrogen-bond donors (Lipinski definition) is 1. The van der Waals surface area contributed by atoms with Crippen LogP contribution in [0.2, 0.25) is 0 Å². The fourth-order valence-electron chi connectivity index (χ4n) is 2.01. The zero-order valence-corrected chi connectivity index (χ0v) is 14.3. The van der Waals surface area contributed by atoms with E-state index in [2.05, 4.69) is 19.0 Å². The van der Waals surface area contributed by atoms with Crippen LogP contribution in [0.15, 0.2) is 0 Å². The van der Waals surface area contributed by atoms with Gasteiger partial charge in [-0.15, -0.1) is 4.72 Å². The summed E-state index contributed by atoms with van der Waals surface area (Å²) in [4.78, 5) is 6.85. The van der Waals surface area contributed by atoms with E-state index in [9.17, 15) is 4.55 Å². The quantitative estimate of drug-likeness (QED) is 0.865. The van der Waals surface area contributed by atoms with Crippen molar-refractivity contribution in [3.8, 4) is 0 Å². The molecular formula is C13H24N4OS2. The molecule has 1 fully saturated rings. The minimum Gasteiger partial charge on any atom is -0.598 e. The first-order chi connectivity index (χ1) is 9.38. The third-order valence-electron chi connectivity index (χ3n) is 3.28. The highest BCUT2D eigenvalue weighted by molar-refractivity contribution is 7.90. The van der Waals surface area contributed by atoms with Gasteiger partial charge in [0, 0.05) is 24.5 Å². The molecule has 1 aromatic heterocycles. The number of aromatic nitrogens is 2. The van der Waals surface area contributed by atoms with Crippen LogP contribution in [0.25, 0.3) is 0 Å². The molecule has 0 aliphatic carbocycles. The molecular weight excluding hydrogens is 292 g/mol. The molecule has 0 radical (unpaired) electrons. The van der Waals surface area contributed by atoms with Crippen molar-refractivity contribution in [3.63, 3.8) is 0 Å². The molecule has 1 aromatic rings. The van der Waals surface area contributed by atoms with Crippen molar-refractivity contribution in [2.45, 2.75) is 57.7 Å². The normalized spacial score (nSPS) is 19.9. The van der Waals surface area contributed by atoms with Gasteiger partial charge in [-0.3, -0.25) is 0 Å². The van der Waals surface area contributed by atoms with E-state index < -0.39 is 11.4 Å². The Morgan fingerprint density at radius 3 is 2.55 bits per heavy atom. The zero-order chi connectivity index (χ0) is 14.8.